The molecule has 0 unspecified atom stereocenters. The Labute approximate surface area is 140 Å². The van der Waals surface area contributed by atoms with E-state index in [9.17, 15) is 24.3 Å². The van der Waals surface area contributed by atoms with Crippen LogP contribution < -0.4 is 21.7 Å². The lowest BCUT2D eigenvalue weighted by molar-refractivity contribution is -0.144. The molecule has 4 atom stereocenters. The van der Waals surface area contributed by atoms with Crippen LogP contribution in [0.5, 0.6) is 0 Å². The number of carboxylic acid groups (broad SMARTS) is 1. The molecule has 10 heteroatoms. The van der Waals surface area contributed by atoms with Crippen LogP contribution in [0.25, 0.3) is 0 Å². The normalized spacial score (nSPS) is 15.8. The summed E-state index contributed by atoms with van der Waals surface area (Å²) in [5, 5.41) is 24.8. The molecule has 0 spiro atoms. The Hall–Kier alpha value is -2.20. The van der Waals surface area contributed by atoms with Crippen molar-refractivity contribution in [1.29, 1.82) is 0 Å². The first-order valence-electron chi connectivity index (χ1n) is 7.51. The Morgan fingerprint density at radius 3 is 1.96 bits per heavy atom. The van der Waals surface area contributed by atoms with Crippen molar-refractivity contribution in [2.24, 2.45) is 11.7 Å². The zero-order valence-electron chi connectivity index (χ0n) is 14.2. The average molecular weight is 346 g/mol. The Balaban J connectivity index is 4.40. The van der Waals surface area contributed by atoms with E-state index >= 15 is 0 Å². The van der Waals surface area contributed by atoms with Gasteiger partial charge in [0.05, 0.1) is 18.7 Å². The molecule has 0 saturated carbocycles. The third-order valence-electron chi connectivity index (χ3n) is 3.26. The van der Waals surface area contributed by atoms with Gasteiger partial charge in [0.1, 0.15) is 6.04 Å². The van der Waals surface area contributed by atoms with Crippen molar-refractivity contribution in [3.63, 3.8) is 0 Å². The second-order valence-electron chi connectivity index (χ2n) is 5.84. The summed E-state index contributed by atoms with van der Waals surface area (Å²) >= 11 is 0. The van der Waals surface area contributed by atoms with E-state index in [2.05, 4.69) is 16.0 Å². The lowest BCUT2D eigenvalue weighted by Gasteiger charge is -2.20. The molecule has 0 bridgehead atoms. The van der Waals surface area contributed by atoms with Gasteiger partial charge in [-0.25, -0.2) is 4.79 Å². The van der Waals surface area contributed by atoms with Crippen molar-refractivity contribution in [3.05, 3.63) is 0 Å². The molecule has 0 aromatic rings. The number of aliphatic carboxylic acids is 1. The number of carboxylic acids is 1. The summed E-state index contributed by atoms with van der Waals surface area (Å²) in [6.45, 7) is 5.67. The van der Waals surface area contributed by atoms with Crippen LogP contribution in [-0.4, -0.2) is 64.7 Å². The molecule has 0 aliphatic rings. The van der Waals surface area contributed by atoms with Gasteiger partial charge >= 0.3 is 5.97 Å². The van der Waals surface area contributed by atoms with Crippen LogP contribution in [0.15, 0.2) is 0 Å². The van der Waals surface area contributed by atoms with Crippen LogP contribution in [0.1, 0.15) is 27.7 Å². The van der Waals surface area contributed by atoms with Gasteiger partial charge < -0.3 is 31.9 Å². The molecule has 3 amide bonds. The smallest absolute Gasteiger partial charge is 0.328 e. The highest BCUT2D eigenvalue weighted by Crippen LogP contribution is 1.98. The summed E-state index contributed by atoms with van der Waals surface area (Å²) in [7, 11) is 0. The summed E-state index contributed by atoms with van der Waals surface area (Å²) in [4.78, 5) is 46.0. The monoisotopic (exact) mass is 346 g/mol. The molecule has 0 radical (unpaired) electrons. The minimum Gasteiger partial charge on any atom is -0.480 e. The van der Waals surface area contributed by atoms with Crippen LogP contribution in [0.3, 0.4) is 0 Å². The highest BCUT2D eigenvalue weighted by Gasteiger charge is 2.26. The van der Waals surface area contributed by atoms with Crippen molar-refractivity contribution in [3.8, 4) is 0 Å². The first kappa shape index (κ1) is 21.8. The maximum Gasteiger partial charge on any atom is 0.328 e. The second-order valence-corrected chi connectivity index (χ2v) is 5.84. The number of hydrogen-bond donors (Lipinski definition) is 6. The van der Waals surface area contributed by atoms with E-state index in [4.69, 9.17) is 10.8 Å². The SMILES string of the molecule is CC(C)[C@H](N)C(=O)N[C@@H](C)C(=O)NCC(=O)N[C@H](C(=O)O)[C@@H](C)O. The lowest BCUT2D eigenvalue weighted by atomic mass is 10.0. The topological polar surface area (TPSA) is 171 Å². The van der Waals surface area contributed by atoms with Crippen molar-refractivity contribution >= 4 is 23.7 Å². The van der Waals surface area contributed by atoms with Crippen LogP contribution in [0.2, 0.25) is 0 Å². The zero-order chi connectivity index (χ0) is 19.0. The van der Waals surface area contributed by atoms with Crippen LogP contribution in [0, 0.1) is 5.92 Å². The van der Waals surface area contributed by atoms with E-state index in [0.717, 1.165) is 0 Å². The molecule has 138 valence electrons. The largest absolute Gasteiger partial charge is 0.480 e. The van der Waals surface area contributed by atoms with Crippen molar-refractivity contribution in [2.75, 3.05) is 6.54 Å². The number of carbonyl (C=O) groups excluding carboxylic acids is 3. The molecular weight excluding hydrogens is 320 g/mol. The average Bonchev–Trinajstić information content (AvgIpc) is 2.48. The molecule has 24 heavy (non-hydrogen) atoms. The van der Waals surface area contributed by atoms with Crippen molar-refractivity contribution in [1.82, 2.24) is 16.0 Å². The van der Waals surface area contributed by atoms with Gasteiger partial charge in [-0.15, -0.1) is 0 Å². The number of aliphatic hydroxyl groups excluding tert-OH is 1. The van der Waals surface area contributed by atoms with E-state index in [1.807, 2.05) is 0 Å². The van der Waals surface area contributed by atoms with Gasteiger partial charge in [-0.2, -0.15) is 0 Å². The fraction of sp³-hybridized carbons (Fsp3) is 0.714. The highest BCUT2D eigenvalue weighted by molar-refractivity contribution is 5.92. The molecule has 10 nitrogen and oxygen atoms in total. The number of carbonyl (C=O) groups is 4. The van der Waals surface area contributed by atoms with Gasteiger partial charge in [-0.3, -0.25) is 14.4 Å². The number of nitrogens with one attached hydrogen (secondary N) is 3. The number of rotatable bonds is 9. The minimum absolute atomic E-state index is 0.0977. The van der Waals surface area contributed by atoms with Gasteiger partial charge in [0.15, 0.2) is 6.04 Å². The first-order valence-corrected chi connectivity index (χ1v) is 7.51. The summed E-state index contributed by atoms with van der Waals surface area (Å²) in [6.07, 6.45) is -1.29. The summed E-state index contributed by atoms with van der Waals surface area (Å²) in [5.41, 5.74) is 5.65. The van der Waals surface area contributed by atoms with Crippen LogP contribution >= 0.6 is 0 Å². The summed E-state index contributed by atoms with van der Waals surface area (Å²) in [6, 6.07) is -3.15. The lowest BCUT2D eigenvalue weighted by Crippen LogP contribution is -2.54. The molecule has 0 aliphatic carbocycles. The number of amides is 3. The quantitative estimate of drug-likeness (QED) is 0.269. The zero-order valence-corrected chi connectivity index (χ0v) is 14.2. The molecule has 0 saturated heterocycles. The number of nitrogens with two attached hydrogens (primary N) is 1. The molecule has 0 aromatic carbocycles. The van der Waals surface area contributed by atoms with Gasteiger partial charge in [0.2, 0.25) is 17.7 Å². The molecule has 0 rings (SSSR count). The highest BCUT2D eigenvalue weighted by atomic mass is 16.4. The van der Waals surface area contributed by atoms with Crippen LogP contribution in [-0.2, 0) is 19.2 Å². The predicted molar refractivity (Wildman–Crippen MR) is 84.7 cm³/mol. The molecule has 0 aliphatic heterocycles. The van der Waals surface area contributed by atoms with Crippen molar-refractivity contribution in [2.45, 2.75) is 51.9 Å². The molecule has 0 heterocycles. The summed E-state index contributed by atoms with van der Waals surface area (Å²) < 4.78 is 0. The number of aliphatic hydroxyl groups is 1. The second kappa shape index (κ2) is 9.83. The predicted octanol–water partition coefficient (Wildman–Crippen LogP) is -2.46. The van der Waals surface area contributed by atoms with Crippen LogP contribution in [0.4, 0.5) is 0 Å². The Morgan fingerprint density at radius 2 is 1.54 bits per heavy atom. The molecule has 0 fully saturated rings. The molecule has 7 N–H and O–H groups in total. The van der Waals surface area contributed by atoms with Crippen molar-refractivity contribution < 1.29 is 29.4 Å². The Bertz CT molecular complexity index is 480. The van der Waals surface area contributed by atoms with E-state index in [-0.39, 0.29) is 5.92 Å². The van der Waals surface area contributed by atoms with E-state index in [0.29, 0.717) is 0 Å². The Morgan fingerprint density at radius 1 is 1.00 bits per heavy atom. The molecule has 0 aromatic heterocycles. The summed E-state index contributed by atoms with van der Waals surface area (Å²) in [5.74, 6) is -3.39. The Kier molecular flexibility index (Phi) is 8.93. The van der Waals surface area contributed by atoms with Gasteiger partial charge in [0, 0.05) is 0 Å². The van der Waals surface area contributed by atoms with E-state index in [1.54, 1.807) is 13.8 Å². The van der Waals surface area contributed by atoms with Gasteiger partial charge in [0.25, 0.3) is 0 Å². The maximum atomic E-state index is 11.8. The third kappa shape index (κ3) is 7.38. The fourth-order valence-corrected chi connectivity index (χ4v) is 1.61. The number of hydrogen-bond acceptors (Lipinski definition) is 6. The first-order chi connectivity index (χ1) is 11.0. The van der Waals surface area contributed by atoms with Gasteiger partial charge in [-0.05, 0) is 19.8 Å². The van der Waals surface area contributed by atoms with E-state index in [1.165, 1.54) is 13.8 Å². The van der Waals surface area contributed by atoms with E-state index < -0.39 is 54.5 Å². The minimum atomic E-state index is -1.48. The standard InChI is InChI=1S/C14H26N4O6/c1-6(2)10(15)13(22)17-7(3)12(21)16-5-9(20)18-11(8(4)19)14(23)24/h6-8,10-11,19H,5,15H2,1-4H3,(H,16,21)(H,17,22)(H,18,20)(H,23,24)/t7-,8+,10-,11-/m0/s1. The van der Waals surface area contributed by atoms with Gasteiger partial charge in [-0.1, -0.05) is 13.8 Å². The fourth-order valence-electron chi connectivity index (χ4n) is 1.61. The maximum absolute atomic E-state index is 11.8. The third-order valence-corrected chi connectivity index (χ3v) is 3.26. The molecular formula is C14H26N4O6.